The highest BCUT2D eigenvalue weighted by Crippen LogP contribution is 2.50. The first-order chi connectivity index (χ1) is 14.7. The van der Waals surface area contributed by atoms with E-state index >= 15 is 0 Å². The molecule has 5 atom stereocenters. The molecule has 1 aromatic rings. The van der Waals surface area contributed by atoms with Crippen molar-refractivity contribution in [3.63, 3.8) is 0 Å². The summed E-state index contributed by atoms with van der Waals surface area (Å²) in [5, 5.41) is 6.06. The zero-order valence-electron chi connectivity index (χ0n) is 17.3. The average Bonchev–Trinajstić information content (AvgIpc) is 3.25. The fourth-order valence-electron chi connectivity index (χ4n) is 5.05. The van der Waals surface area contributed by atoms with Gasteiger partial charge in [0, 0.05) is 29.8 Å². The van der Waals surface area contributed by atoms with Crippen molar-refractivity contribution in [1.29, 1.82) is 0 Å². The highest BCUT2D eigenvalue weighted by molar-refractivity contribution is 5.79. The third kappa shape index (κ3) is 4.19. The molecular weight excluding hydrogens is 402 g/mol. The lowest BCUT2D eigenvalue weighted by Crippen LogP contribution is -2.50. The van der Waals surface area contributed by atoms with Crippen LogP contribution in [0.15, 0.2) is 59.5 Å². The molecular formula is C23H26F2N4O2. The molecule has 0 spiro atoms. The van der Waals surface area contributed by atoms with Crippen molar-refractivity contribution in [3.05, 3.63) is 65.8 Å². The second kappa shape index (κ2) is 8.17. The van der Waals surface area contributed by atoms with Gasteiger partial charge in [-0.3, -0.25) is 4.79 Å². The Morgan fingerprint density at radius 2 is 2.06 bits per heavy atom. The summed E-state index contributed by atoms with van der Waals surface area (Å²) < 4.78 is 35.1. The number of allylic oxidation sites excluding steroid dienone is 3. The Kier molecular flexibility index (Phi) is 5.56. The number of primary amides is 1. The van der Waals surface area contributed by atoms with Crippen molar-refractivity contribution in [2.45, 2.75) is 38.3 Å². The molecule has 1 amide bonds. The summed E-state index contributed by atoms with van der Waals surface area (Å²) in [6.45, 7) is 9.32. The molecule has 4 bridgehead atoms. The largest absolute Gasteiger partial charge is 0.495 e. The van der Waals surface area contributed by atoms with Crippen LogP contribution in [0.4, 0.5) is 14.5 Å². The number of hydrogen-bond acceptors (Lipinski definition) is 5. The maximum absolute atomic E-state index is 14.7. The Morgan fingerprint density at radius 1 is 1.29 bits per heavy atom. The molecule has 2 aliphatic carbocycles. The van der Waals surface area contributed by atoms with Crippen LogP contribution in [0.3, 0.4) is 0 Å². The SMILES string of the molecule is C=C1/N=C\C(F)=C(/C)NC2C(C(N)=O)[C@@H]3CC(OC(=C)Cc4cc(ccc4F)N1)[C@H]2C3. The molecule has 2 fully saturated rings. The second-order valence-corrected chi connectivity index (χ2v) is 8.47. The third-order valence-corrected chi connectivity index (χ3v) is 6.39. The monoisotopic (exact) mass is 428 g/mol. The maximum Gasteiger partial charge on any atom is 0.222 e. The average molecular weight is 428 g/mol. The number of ether oxygens (including phenoxy) is 1. The van der Waals surface area contributed by atoms with Gasteiger partial charge in [0.1, 0.15) is 17.7 Å². The van der Waals surface area contributed by atoms with E-state index in [-0.39, 0.29) is 47.7 Å². The van der Waals surface area contributed by atoms with Gasteiger partial charge in [-0.05, 0) is 49.4 Å². The Hall–Kier alpha value is -3.16. The summed E-state index contributed by atoms with van der Waals surface area (Å²) in [4.78, 5) is 16.1. The van der Waals surface area contributed by atoms with E-state index < -0.39 is 17.7 Å². The number of rotatable bonds is 1. The number of hydrogen-bond donors (Lipinski definition) is 3. The molecule has 1 heterocycles. The van der Waals surface area contributed by atoms with E-state index in [1.807, 2.05) is 0 Å². The smallest absolute Gasteiger partial charge is 0.222 e. The van der Waals surface area contributed by atoms with Crippen molar-refractivity contribution in [1.82, 2.24) is 5.32 Å². The van der Waals surface area contributed by atoms with Gasteiger partial charge < -0.3 is 21.1 Å². The third-order valence-electron chi connectivity index (χ3n) is 6.39. The number of carbonyl (C=O) groups is 1. The normalized spacial score (nSPS) is 34.0. The molecule has 1 aromatic carbocycles. The highest BCUT2D eigenvalue weighted by atomic mass is 19.1. The van der Waals surface area contributed by atoms with Crippen LogP contribution >= 0.6 is 0 Å². The molecule has 6 nitrogen and oxygen atoms in total. The summed E-state index contributed by atoms with van der Waals surface area (Å²) in [5.74, 6) is -1.15. The molecule has 164 valence electrons. The number of anilines is 1. The van der Waals surface area contributed by atoms with Crippen molar-refractivity contribution in [2.75, 3.05) is 5.32 Å². The van der Waals surface area contributed by atoms with Gasteiger partial charge in [-0.1, -0.05) is 13.2 Å². The molecule has 8 heteroatoms. The Balaban J connectivity index is 1.69. The van der Waals surface area contributed by atoms with Gasteiger partial charge in [0.2, 0.25) is 5.91 Å². The number of nitrogens with two attached hydrogens (primary N) is 1. The zero-order valence-corrected chi connectivity index (χ0v) is 17.3. The molecule has 4 rings (SSSR count). The van der Waals surface area contributed by atoms with Crippen molar-refractivity contribution < 1.29 is 18.3 Å². The first kappa shape index (κ1) is 21.1. The number of carbonyl (C=O) groups excluding carboxylic acids is 1. The van der Waals surface area contributed by atoms with Crippen LogP contribution in [0.5, 0.6) is 0 Å². The minimum absolute atomic E-state index is 0.0420. The molecule has 2 saturated carbocycles. The summed E-state index contributed by atoms with van der Waals surface area (Å²) >= 11 is 0. The number of nitrogens with zero attached hydrogens (tertiary/aromatic N) is 1. The first-order valence-electron chi connectivity index (χ1n) is 10.3. The molecule has 3 aliphatic rings. The Labute approximate surface area is 179 Å². The van der Waals surface area contributed by atoms with E-state index in [2.05, 4.69) is 28.8 Å². The summed E-state index contributed by atoms with van der Waals surface area (Å²) in [6, 6.07) is 4.16. The molecule has 0 saturated heterocycles. The standard InChI is InChI=1S/C23H26F2N4O2/c1-11-6-14-7-16(4-5-18(14)24)29-13(3)27-10-19(25)12(2)28-22-17-8-15(9-20(17)31-11)21(22)23(26)30/h4-5,7,10,15,17,20-22,28-29H,1,3,6,8-9H2,2H3,(H2,26,30)/b19-12-,27-10-/t15-,17+,20?,21?,22?/m0/s1. The quantitative estimate of drug-likeness (QED) is 0.639. The number of nitrogens with one attached hydrogen (secondary N) is 2. The van der Waals surface area contributed by atoms with Gasteiger partial charge in [0.15, 0.2) is 5.83 Å². The van der Waals surface area contributed by atoms with Crippen LogP contribution < -0.4 is 16.4 Å². The van der Waals surface area contributed by atoms with Crippen molar-refractivity contribution in [3.8, 4) is 0 Å². The first-order valence-corrected chi connectivity index (χ1v) is 10.3. The molecule has 3 unspecified atom stereocenters. The van der Waals surface area contributed by atoms with E-state index in [0.29, 0.717) is 23.4 Å². The molecule has 0 aromatic heterocycles. The van der Waals surface area contributed by atoms with Crippen LogP contribution in [-0.2, 0) is 16.0 Å². The van der Waals surface area contributed by atoms with Crippen LogP contribution in [0.25, 0.3) is 0 Å². The van der Waals surface area contributed by atoms with Crippen LogP contribution in [0.1, 0.15) is 25.3 Å². The summed E-state index contributed by atoms with van der Waals surface area (Å²) in [7, 11) is 0. The van der Waals surface area contributed by atoms with Crippen LogP contribution in [-0.4, -0.2) is 24.3 Å². The Bertz CT molecular complexity index is 1000. The lowest BCUT2D eigenvalue weighted by molar-refractivity contribution is -0.125. The predicted molar refractivity (Wildman–Crippen MR) is 115 cm³/mol. The summed E-state index contributed by atoms with van der Waals surface area (Å²) in [6.07, 6.45) is 2.46. The zero-order chi connectivity index (χ0) is 22.3. The highest BCUT2D eigenvalue weighted by Gasteiger charge is 2.56. The number of halogens is 2. The maximum atomic E-state index is 14.7. The van der Waals surface area contributed by atoms with Gasteiger partial charge in [-0.15, -0.1) is 0 Å². The lowest BCUT2D eigenvalue weighted by Gasteiger charge is -2.36. The van der Waals surface area contributed by atoms with Crippen molar-refractivity contribution >= 4 is 17.8 Å². The van der Waals surface area contributed by atoms with Gasteiger partial charge in [0.05, 0.1) is 17.9 Å². The summed E-state index contributed by atoms with van der Waals surface area (Å²) in [5.41, 5.74) is 6.90. The molecule has 31 heavy (non-hydrogen) atoms. The van der Waals surface area contributed by atoms with Gasteiger partial charge in [0.25, 0.3) is 0 Å². The second-order valence-electron chi connectivity index (χ2n) is 8.47. The fraction of sp³-hybridized carbons (Fsp3) is 0.391. The van der Waals surface area contributed by atoms with E-state index in [9.17, 15) is 13.6 Å². The van der Waals surface area contributed by atoms with Gasteiger partial charge >= 0.3 is 0 Å². The van der Waals surface area contributed by atoms with Crippen LogP contribution in [0.2, 0.25) is 0 Å². The topological polar surface area (TPSA) is 88.7 Å². The predicted octanol–water partition coefficient (Wildman–Crippen LogP) is 3.54. The number of aliphatic imine (C=N–C) groups is 1. The van der Waals surface area contributed by atoms with E-state index in [0.717, 1.165) is 12.6 Å². The van der Waals surface area contributed by atoms with Gasteiger partial charge in [-0.25, -0.2) is 13.8 Å². The molecule has 4 N–H and O–H groups in total. The van der Waals surface area contributed by atoms with Gasteiger partial charge in [-0.2, -0.15) is 0 Å². The van der Waals surface area contributed by atoms with Crippen LogP contribution in [0, 0.1) is 23.6 Å². The number of benzene rings is 1. The molecule has 0 radical (unpaired) electrons. The van der Waals surface area contributed by atoms with E-state index in [1.165, 1.54) is 6.07 Å². The minimum atomic E-state index is -0.581. The van der Waals surface area contributed by atoms with Crippen molar-refractivity contribution in [2.24, 2.45) is 28.5 Å². The molecule has 1 aliphatic heterocycles. The lowest BCUT2D eigenvalue weighted by atomic mass is 9.82. The van der Waals surface area contributed by atoms with E-state index in [1.54, 1.807) is 19.1 Å². The Morgan fingerprint density at radius 3 is 2.81 bits per heavy atom. The fourth-order valence-corrected chi connectivity index (χ4v) is 5.05. The minimum Gasteiger partial charge on any atom is -0.495 e. The number of amides is 1. The van der Waals surface area contributed by atoms with E-state index in [4.69, 9.17) is 10.5 Å². The number of fused-ring (bicyclic) bond motifs is 3.